The Hall–Kier alpha value is -3.89. The summed E-state index contributed by atoms with van der Waals surface area (Å²) in [6.07, 6.45) is -2.25. The molecule has 8 nitrogen and oxygen atoms in total. The third-order valence-corrected chi connectivity index (χ3v) is 5.57. The normalized spacial score (nSPS) is 14.6. The average Bonchev–Trinajstić information content (AvgIpc) is 3.32. The Kier molecular flexibility index (Phi) is 7.04. The Morgan fingerprint density at radius 1 is 1.14 bits per heavy atom. The quantitative estimate of drug-likeness (QED) is 0.499. The highest BCUT2D eigenvalue weighted by molar-refractivity contribution is 6.03. The van der Waals surface area contributed by atoms with Gasteiger partial charge in [0.2, 0.25) is 11.7 Å². The molecule has 0 atom stereocenters. The summed E-state index contributed by atoms with van der Waals surface area (Å²) in [5.41, 5.74) is -0.886. The number of pyridine rings is 1. The third-order valence-electron chi connectivity index (χ3n) is 5.57. The summed E-state index contributed by atoms with van der Waals surface area (Å²) < 4.78 is 50.8. The Morgan fingerprint density at radius 2 is 1.86 bits per heavy atom. The zero-order valence-corrected chi connectivity index (χ0v) is 18.8. The van der Waals surface area contributed by atoms with Crippen molar-refractivity contribution in [1.29, 1.82) is 0 Å². The van der Waals surface area contributed by atoms with Gasteiger partial charge >= 0.3 is 12.1 Å². The van der Waals surface area contributed by atoms with Crippen LogP contribution in [0.3, 0.4) is 0 Å². The number of oxazole rings is 1. The third kappa shape index (κ3) is 5.61. The number of amides is 1. The minimum atomic E-state index is -4.87. The van der Waals surface area contributed by atoms with Crippen LogP contribution in [0.25, 0.3) is 11.5 Å². The van der Waals surface area contributed by atoms with Gasteiger partial charge in [-0.15, -0.1) is 0 Å². The minimum Gasteiger partial charge on any atom is -0.466 e. The molecule has 0 spiro atoms. The van der Waals surface area contributed by atoms with E-state index >= 15 is 0 Å². The highest BCUT2D eigenvalue weighted by atomic mass is 19.4. The molecule has 11 heteroatoms. The lowest BCUT2D eigenvalue weighted by atomic mass is 9.97. The second-order valence-electron chi connectivity index (χ2n) is 7.93. The smallest absolute Gasteiger partial charge is 0.437 e. The van der Waals surface area contributed by atoms with E-state index in [0.717, 1.165) is 0 Å². The number of carbonyl (C=O) groups is 2. The topological polar surface area (TPSA) is 97.6 Å². The zero-order chi connectivity index (χ0) is 25.0. The predicted octanol–water partition coefficient (Wildman–Crippen LogP) is 4.79. The first-order valence-corrected chi connectivity index (χ1v) is 11.1. The summed E-state index contributed by atoms with van der Waals surface area (Å²) in [6, 6.07) is 11.2. The van der Waals surface area contributed by atoms with E-state index < -0.39 is 23.5 Å². The molecular weight excluding hydrogens is 465 g/mol. The van der Waals surface area contributed by atoms with E-state index in [1.807, 2.05) is 4.90 Å². The Bertz CT molecular complexity index is 1170. The molecule has 1 aliphatic rings. The first-order valence-electron chi connectivity index (χ1n) is 11.1. The van der Waals surface area contributed by atoms with Crippen molar-refractivity contribution in [1.82, 2.24) is 9.97 Å². The van der Waals surface area contributed by atoms with Crippen molar-refractivity contribution in [2.24, 2.45) is 5.92 Å². The first-order chi connectivity index (χ1) is 16.8. The molecule has 1 aliphatic heterocycles. The lowest BCUT2D eigenvalue weighted by Crippen LogP contribution is -2.37. The lowest BCUT2D eigenvalue weighted by molar-refractivity contribution is -0.148. The molecule has 35 heavy (non-hydrogen) atoms. The van der Waals surface area contributed by atoms with Crippen molar-refractivity contribution in [2.45, 2.75) is 25.9 Å². The number of nitrogens with one attached hydrogen (secondary N) is 1. The van der Waals surface area contributed by atoms with Gasteiger partial charge < -0.3 is 19.4 Å². The molecular formula is C24H23F3N4O4. The van der Waals surface area contributed by atoms with Gasteiger partial charge in [0.1, 0.15) is 5.82 Å². The number of esters is 1. The number of benzene rings is 1. The van der Waals surface area contributed by atoms with Crippen molar-refractivity contribution in [3.63, 3.8) is 0 Å². The van der Waals surface area contributed by atoms with Crippen molar-refractivity contribution in [3.05, 3.63) is 60.1 Å². The molecule has 1 amide bonds. The number of hydrogen-bond acceptors (Lipinski definition) is 7. The maximum absolute atomic E-state index is 13.5. The fourth-order valence-corrected chi connectivity index (χ4v) is 3.81. The summed E-state index contributed by atoms with van der Waals surface area (Å²) in [5, 5.41) is 2.39. The number of piperidine rings is 1. The standard InChI is InChI=1S/C24H23F3N4O4/c1-2-34-23(33)16-10-12-31(13-11-16)18-9-8-17(14-28-18)29-21(32)19-20(24(25,26)27)30-22(35-19)15-6-4-3-5-7-15/h3-9,14,16H,2,10-13H2,1H3,(H,29,32). The molecule has 1 fully saturated rings. The highest BCUT2D eigenvalue weighted by Gasteiger charge is 2.41. The van der Waals surface area contributed by atoms with Crippen LogP contribution in [0.4, 0.5) is 24.7 Å². The number of anilines is 2. The monoisotopic (exact) mass is 488 g/mol. The van der Waals surface area contributed by atoms with Gasteiger partial charge in [-0.2, -0.15) is 13.2 Å². The van der Waals surface area contributed by atoms with E-state index in [4.69, 9.17) is 9.15 Å². The molecule has 0 radical (unpaired) electrons. The van der Waals surface area contributed by atoms with Gasteiger partial charge in [-0.25, -0.2) is 9.97 Å². The van der Waals surface area contributed by atoms with Gasteiger partial charge in [0, 0.05) is 18.7 Å². The van der Waals surface area contributed by atoms with E-state index in [9.17, 15) is 22.8 Å². The van der Waals surface area contributed by atoms with E-state index in [1.54, 1.807) is 37.3 Å². The van der Waals surface area contributed by atoms with E-state index in [0.29, 0.717) is 43.9 Å². The molecule has 1 saturated heterocycles. The molecule has 4 rings (SSSR count). The lowest BCUT2D eigenvalue weighted by Gasteiger charge is -2.31. The van der Waals surface area contributed by atoms with Crippen molar-refractivity contribution in [3.8, 4) is 11.5 Å². The van der Waals surface area contributed by atoms with E-state index in [-0.39, 0.29) is 23.5 Å². The van der Waals surface area contributed by atoms with Crippen LogP contribution in [-0.2, 0) is 15.7 Å². The number of rotatable bonds is 6. The number of ether oxygens (including phenoxy) is 1. The SMILES string of the molecule is CCOC(=O)C1CCN(c2ccc(NC(=O)c3oc(-c4ccccc4)nc3C(F)(F)F)cn2)CC1. The van der Waals surface area contributed by atoms with Crippen LogP contribution in [-0.4, -0.2) is 41.5 Å². The molecule has 184 valence electrons. The molecule has 3 aromatic rings. The molecule has 3 heterocycles. The molecule has 1 N–H and O–H groups in total. The number of alkyl halides is 3. The second kappa shape index (κ2) is 10.2. The molecule has 0 saturated carbocycles. The fourth-order valence-electron chi connectivity index (χ4n) is 3.81. The maximum atomic E-state index is 13.5. The average molecular weight is 488 g/mol. The van der Waals surface area contributed by atoms with Crippen LogP contribution < -0.4 is 10.2 Å². The fraction of sp³-hybridized carbons (Fsp3) is 0.333. The largest absolute Gasteiger partial charge is 0.466 e. The van der Waals surface area contributed by atoms with E-state index in [2.05, 4.69) is 15.3 Å². The van der Waals surface area contributed by atoms with Gasteiger partial charge in [-0.3, -0.25) is 9.59 Å². The Morgan fingerprint density at radius 3 is 2.46 bits per heavy atom. The highest BCUT2D eigenvalue weighted by Crippen LogP contribution is 2.35. The second-order valence-corrected chi connectivity index (χ2v) is 7.93. The van der Waals surface area contributed by atoms with Crippen LogP contribution in [0.1, 0.15) is 36.0 Å². The van der Waals surface area contributed by atoms with E-state index in [1.165, 1.54) is 18.3 Å². The van der Waals surface area contributed by atoms with Crippen molar-refractivity contribution < 1.29 is 31.9 Å². The van der Waals surface area contributed by atoms with Crippen LogP contribution >= 0.6 is 0 Å². The number of nitrogens with zero attached hydrogens (tertiary/aromatic N) is 3. The molecule has 1 aromatic carbocycles. The zero-order valence-electron chi connectivity index (χ0n) is 18.8. The summed E-state index contributed by atoms with van der Waals surface area (Å²) in [5.74, 6) is -2.03. The summed E-state index contributed by atoms with van der Waals surface area (Å²) >= 11 is 0. The molecule has 0 bridgehead atoms. The van der Waals surface area contributed by atoms with Gasteiger partial charge in [0.15, 0.2) is 5.69 Å². The van der Waals surface area contributed by atoms with Crippen molar-refractivity contribution >= 4 is 23.4 Å². The maximum Gasteiger partial charge on any atom is 0.437 e. The molecule has 0 aliphatic carbocycles. The Balaban J connectivity index is 1.44. The first kappa shape index (κ1) is 24.2. The number of hydrogen-bond donors (Lipinski definition) is 1. The van der Waals surface area contributed by atoms with Crippen LogP contribution in [0.15, 0.2) is 53.1 Å². The Labute approximate surface area is 199 Å². The van der Waals surface area contributed by atoms with Gasteiger partial charge in [0.05, 0.1) is 24.4 Å². The predicted molar refractivity (Wildman–Crippen MR) is 121 cm³/mol. The van der Waals surface area contributed by atoms with Gasteiger partial charge in [-0.05, 0) is 44.0 Å². The summed E-state index contributed by atoms with van der Waals surface area (Å²) in [6.45, 7) is 3.33. The van der Waals surface area contributed by atoms with Gasteiger partial charge in [-0.1, -0.05) is 18.2 Å². The summed E-state index contributed by atoms with van der Waals surface area (Å²) in [4.78, 5) is 34.3. The number of carbonyl (C=O) groups excluding carboxylic acids is 2. The molecule has 2 aromatic heterocycles. The van der Waals surface area contributed by atoms with Crippen LogP contribution in [0.2, 0.25) is 0 Å². The van der Waals surface area contributed by atoms with Crippen LogP contribution in [0.5, 0.6) is 0 Å². The van der Waals surface area contributed by atoms with Gasteiger partial charge in [0.25, 0.3) is 5.91 Å². The molecule has 0 unspecified atom stereocenters. The minimum absolute atomic E-state index is 0.143. The summed E-state index contributed by atoms with van der Waals surface area (Å²) in [7, 11) is 0. The van der Waals surface area contributed by atoms with Crippen molar-refractivity contribution in [2.75, 3.05) is 29.9 Å². The van der Waals surface area contributed by atoms with Crippen LogP contribution in [0, 0.1) is 5.92 Å². The number of halogens is 3. The number of aromatic nitrogens is 2.